The van der Waals surface area contributed by atoms with Crippen LogP contribution in [0, 0.1) is 5.82 Å². The maximum atomic E-state index is 13.6. The Morgan fingerprint density at radius 1 is 1.15 bits per heavy atom. The molecule has 1 fully saturated rings. The fourth-order valence-electron chi connectivity index (χ4n) is 3.46. The van der Waals surface area contributed by atoms with Crippen molar-refractivity contribution in [3.63, 3.8) is 0 Å². The lowest BCUT2D eigenvalue weighted by molar-refractivity contribution is -0.138. The lowest BCUT2D eigenvalue weighted by Crippen LogP contribution is -2.56. The van der Waals surface area contributed by atoms with Crippen LogP contribution in [0.25, 0.3) is 0 Å². The number of ether oxygens (including phenoxy) is 1. The van der Waals surface area contributed by atoms with Gasteiger partial charge in [0.1, 0.15) is 17.1 Å². The molecule has 0 aliphatic carbocycles. The van der Waals surface area contributed by atoms with Crippen molar-refractivity contribution in [3.05, 3.63) is 65.5 Å². The van der Waals surface area contributed by atoms with Gasteiger partial charge in [-0.3, -0.25) is 9.69 Å². The Kier molecular flexibility index (Phi) is 5.77. The summed E-state index contributed by atoms with van der Waals surface area (Å²) >= 11 is 0. The summed E-state index contributed by atoms with van der Waals surface area (Å²) in [6.45, 7) is 4.94. The molecule has 1 aliphatic heterocycles. The monoisotopic (exact) mass is 371 g/mol. The van der Waals surface area contributed by atoms with Gasteiger partial charge in [0, 0.05) is 38.3 Å². The number of methoxy groups -OCH3 is 1. The molecule has 27 heavy (non-hydrogen) atoms. The van der Waals surface area contributed by atoms with Crippen LogP contribution in [0.2, 0.25) is 0 Å². The lowest BCUT2D eigenvalue weighted by Gasteiger charge is -2.38. The van der Waals surface area contributed by atoms with Gasteiger partial charge in [-0.1, -0.05) is 30.3 Å². The number of hydrogen-bond acceptors (Lipinski definition) is 4. The van der Waals surface area contributed by atoms with Crippen LogP contribution < -0.4 is 10.5 Å². The summed E-state index contributed by atoms with van der Waals surface area (Å²) in [6, 6.07) is 14.0. The number of piperazine rings is 1. The standard InChI is InChI=1S/C21H26FN3O2/c1-21(23,17-6-4-3-5-7-17)20(26)25-12-10-24(11-13-25)15-16-14-18(22)8-9-19(16)27-2/h3-9,14H,10-13,15,23H2,1-2H3. The van der Waals surface area contributed by atoms with Crippen molar-refractivity contribution < 1.29 is 13.9 Å². The average molecular weight is 371 g/mol. The first-order chi connectivity index (χ1) is 12.9. The molecular weight excluding hydrogens is 345 g/mol. The van der Waals surface area contributed by atoms with Crippen LogP contribution in [-0.2, 0) is 16.9 Å². The van der Waals surface area contributed by atoms with Crippen molar-refractivity contribution in [2.45, 2.75) is 19.0 Å². The van der Waals surface area contributed by atoms with E-state index in [-0.39, 0.29) is 11.7 Å². The molecule has 1 atom stereocenters. The topological polar surface area (TPSA) is 58.8 Å². The fraction of sp³-hybridized carbons (Fsp3) is 0.381. The van der Waals surface area contributed by atoms with E-state index < -0.39 is 5.54 Å². The third-order valence-corrected chi connectivity index (χ3v) is 5.11. The van der Waals surface area contributed by atoms with Crippen LogP contribution in [0.3, 0.4) is 0 Å². The number of halogens is 1. The molecule has 2 N–H and O–H groups in total. The molecule has 6 heteroatoms. The Hall–Kier alpha value is -2.44. The number of hydrogen-bond donors (Lipinski definition) is 1. The van der Waals surface area contributed by atoms with Crippen molar-refractivity contribution in [1.82, 2.24) is 9.80 Å². The van der Waals surface area contributed by atoms with E-state index in [0.29, 0.717) is 38.5 Å². The van der Waals surface area contributed by atoms with Crippen LogP contribution >= 0.6 is 0 Å². The lowest BCUT2D eigenvalue weighted by atomic mass is 9.91. The highest BCUT2D eigenvalue weighted by molar-refractivity contribution is 5.87. The predicted octanol–water partition coefficient (Wildman–Crippen LogP) is 2.35. The number of carbonyl (C=O) groups excluding carboxylic acids is 1. The molecule has 1 amide bonds. The first kappa shape index (κ1) is 19.3. The van der Waals surface area contributed by atoms with Crippen molar-refractivity contribution in [2.24, 2.45) is 5.73 Å². The van der Waals surface area contributed by atoms with E-state index in [1.54, 1.807) is 20.1 Å². The summed E-state index contributed by atoms with van der Waals surface area (Å²) in [6.07, 6.45) is 0. The molecular formula is C21H26FN3O2. The van der Waals surface area contributed by atoms with E-state index in [9.17, 15) is 9.18 Å². The fourth-order valence-corrected chi connectivity index (χ4v) is 3.46. The van der Waals surface area contributed by atoms with E-state index in [1.165, 1.54) is 12.1 Å². The zero-order valence-corrected chi connectivity index (χ0v) is 15.8. The zero-order valence-electron chi connectivity index (χ0n) is 15.8. The van der Waals surface area contributed by atoms with Gasteiger partial charge < -0.3 is 15.4 Å². The first-order valence-electron chi connectivity index (χ1n) is 9.10. The van der Waals surface area contributed by atoms with Crippen LogP contribution in [0.5, 0.6) is 5.75 Å². The highest BCUT2D eigenvalue weighted by Gasteiger charge is 2.35. The summed E-state index contributed by atoms with van der Waals surface area (Å²) in [4.78, 5) is 16.9. The van der Waals surface area contributed by atoms with E-state index in [0.717, 1.165) is 11.1 Å². The molecule has 1 aliphatic rings. The summed E-state index contributed by atoms with van der Waals surface area (Å²) in [5.74, 6) is 0.326. The number of carbonyl (C=O) groups is 1. The molecule has 1 saturated heterocycles. The number of amides is 1. The molecule has 0 spiro atoms. The molecule has 0 aromatic heterocycles. The average Bonchev–Trinajstić information content (AvgIpc) is 2.69. The molecule has 1 unspecified atom stereocenters. The molecule has 3 rings (SSSR count). The Balaban J connectivity index is 1.62. The number of benzene rings is 2. The summed E-state index contributed by atoms with van der Waals surface area (Å²) in [7, 11) is 1.58. The number of rotatable bonds is 5. The Labute approximate surface area is 159 Å². The van der Waals surface area contributed by atoms with E-state index in [4.69, 9.17) is 10.5 Å². The van der Waals surface area contributed by atoms with Gasteiger partial charge >= 0.3 is 0 Å². The van der Waals surface area contributed by atoms with Crippen molar-refractivity contribution in [1.29, 1.82) is 0 Å². The highest BCUT2D eigenvalue weighted by Crippen LogP contribution is 2.24. The van der Waals surface area contributed by atoms with Gasteiger partial charge in [0.05, 0.1) is 7.11 Å². The van der Waals surface area contributed by atoms with Gasteiger partial charge in [-0.05, 0) is 30.7 Å². The van der Waals surface area contributed by atoms with Crippen LogP contribution in [0.1, 0.15) is 18.1 Å². The zero-order chi connectivity index (χ0) is 19.4. The normalized spacial score (nSPS) is 17.4. The van der Waals surface area contributed by atoms with Gasteiger partial charge in [0.25, 0.3) is 0 Å². The minimum atomic E-state index is -1.05. The van der Waals surface area contributed by atoms with Gasteiger partial charge in [0.15, 0.2) is 0 Å². The minimum absolute atomic E-state index is 0.0725. The summed E-state index contributed by atoms with van der Waals surface area (Å²) in [5.41, 5.74) is 6.93. The van der Waals surface area contributed by atoms with Crippen molar-refractivity contribution in [3.8, 4) is 5.75 Å². The highest BCUT2D eigenvalue weighted by atomic mass is 19.1. The van der Waals surface area contributed by atoms with Crippen molar-refractivity contribution in [2.75, 3.05) is 33.3 Å². The molecule has 5 nitrogen and oxygen atoms in total. The van der Waals surface area contributed by atoms with Gasteiger partial charge in [0.2, 0.25) is 5.91 Å². The molecule has 0 radical (unpaired) electrons. The molecule has 144 valence electrons. The van der Waals surface area contributed by atoms with Crippen LogP contribution in [0.4, 0.5) is 4.39 Å². The SMILES string of the molecule is COc1ccc(F)cc1CN1CCN(C(=O)C(C)(N)c2ccccc2)CC1. The molecule has 2 aromatic rings. The Morgan fingerprint density at radius 3 is 2.44 bits per heavy atom. The summed E-state index contributed by atoms with van der Waals surface area (Å²) in [5, 5.41) is 0. The van der Waals surface area contributed by atoms with Crippen LogP contribution in [-0.4, -0.2) is 49.0 Å². The number of nitrogens with two attached hydrogens (primary N) is 1. The predicted molar refractivity (Wildman–Crippen MR) is 103 cm³/mol. The third kappa shape index (κ3) is 4.28. The molecule has 1 heterocycles. The first-order valence-corrected chi connectivity index (χ1v) is 9.10. The Bertz CT molecular complexity index is 787. The second-order valence-corrected chi connectivity index (χ2v) is 7.09. The largest absolute Gasteiger partial charge is 0.496 e. The van der Waals surface area contributed by atoms with Crippen LogP contribution in [0.15, 0.2) is 48.5 Å². The third-order valence-electron chi connectivity index (χ3n) is 5.11. The second kappa shape index (κ2) is 8.06. The quantitative estimate of drug-likeness (QED) is 0.877. The van der Waals surface area contributed by atoms with Gasteiger partial charge in [-0.25, -0.2) is 4.39 Å². The molecule has 0 saturated carbocycles. The Morgan fingerprint density at radius 2 is 1.81 bits per heavy atom. The van der Waals surface area contributed by atoms with E-state index in [1.807, 2.05) is 35.2 Å². The van der Waals surface area contributed by atoms with Gasteiger partial charge in [-0.2, -0.15) is 0 Å². The van der Waals surface area contributed by atoms with E-state index >= 15 is 0 Å². The number of nitrogens with zero attached hydrogens (tertiary/aromatic N) is 2. The van der Waals surface area contributed by atoms with Gasteiger partial charge in [-0.15, -0.1) is 0 Å². The maximum Gasteiger partial charge on any atom is 0.247 e. The molecule has 2 aromatic carbocycles. The van der Waals surface area contributed by atoms with Crippen molar-refractivity contribution >= 4 is 5.91 Å². The minimum Gasteiger partial charge on any atom is -0.496 e. The maximum absolute atomic E-state index is 13.6. The summed E-state index contributed by atoms with van der Waals surface area (Å²) < 4.78 is 18.9. The smallest absolute Gasteiger partial charge is 0.247 e. The van der Waals surface area contributed by atoms with E-state index in [2.05, 4.69) is 4.90 Å². The second-order valence-electron chi connectivity index (χ2n) is 7.09. The molecule has 0 bridgehead atoms.